The normalized spacial score (nSPS) is 12.8. The SMILES string of the molecule is CCCNC(=O)CC(NS(=O)(=O)c1ccc(C)cc1)c1ccco1. The summed E-state index contributed by atoms with van der Waals surface area (Å²) in [5, 5.41) is 2.74. The van der Waals surface area contributed by atoms with Gasteiger partial charge in [-0.2, -0.15) is 4.72 Å². The maximum atomic E-state index is 12.6. The molecule has 0 spiro atoms. The predicted octanol–water partition coefficient (Wildman–Crippen LogP) is 2.52. The van der Waals surface area contributed by atoms with Crippen LogP contribution in [0.2, 0.25) is 0 Å². The van der Waals surface area contributed by atoms with Gasteiger partial charge in [-0.25, -0.2) is 8.42 Å². The summed E-state index contributed by atoms with van der Waals surface area (Å²) in [6, 6.07) is 9.07. The molecule has 0 aliphatic rings. The fourth-order valence-electron chi connectivity index (χ4n) is 2.18. The summed E-state index contributed by atoms with van der Waals surface area (Å²) in [7, 11) is -3.76. The van der Waals surface area contributed by atoms with Crippen LogP contribution in [0.3, 0.4) is 0 Å². The van der Waals surface area contributed by atoms with Crippen LogP contribution in [0.5, 0.6) is 0 Å². The Labute approximate surface area is 142 Å². The quantitative estimate of drug-likeness (QED) is 0.766. The second-order valence-electron chi connectivity index (χ2n) is 5.56. The molecule has 1 amide bonds. The average molecular weight is 350 g/mol. The minimum atomic E-state index is -3.76. The summed E-state index contributed by atoms with van der Waals surface area (Å²) >= 11 is 0. The average Bonchev–Trinajstić information content (AvgIpc) is 3.07. The molecular formula is C17H22N2O4S. The number of carbonyl (C=O) groups is 1. The Morgan fingerprint density at radius 1 is 1.21 bits per heavy atom. The van der Waals surface area contributed by atoms with Gasteiger partial charge in [-0.3, -0.25) is 4.79 Å². The molecule has 24 heavy (non-hydrogen) atoms. The topological polar surface area (TPSA) is 88.4 Å². The largest absolute Gasteiger partial charge is 0.468 e. The highest BCUT2D eigenvalue weighted by Gasteiger charge is 2.25. The van der Waals surface area contributed by atoms with E-state index in [0.717, 1.165) is 12.0 Å². The Hall–Kier alpha value is -2.12. The van der Waals surface area contributed by atoms with Gasteiger partial charge in [0.25, 0.3) is 0 Å². The summed E-state index contributed by atoms with van der Waals surface area (Å²) < 4.78 is 33.0. The van der Waals surface area contributed by atoms with Gasteiger partial charge >= 0.3 is 0 Å². The highest BCUT2D eigenvalue weighted by molar-refractivity contribution is 7.89. The van der Waals surface area contributed by atoms with Crippen LogP contribution in [0.15, 0.2) is 52.0 Å². The molecule has 2 aromatic rings. The standard InChI is InChI=1S/C17H22N2O4S/c1-3-10-18-17(20)12-15(16-5-4-11-23-16)19-24(21,22)14-8-6-13(2)7-9-14/h4-9,11,15,19H,3,10,12H2,1-2H3,(H,18,20). The number of amides is 1. The highest BCUT2D eigenvalue weighted by Crippen LogP contribution is 2.21. The number of carbonyl (C=O) groups excluding carboxylic acids is 1. The molecule has 1 unspecified atom stereocenters. The van der Waals surface area contributed by atoms with E-state index in [9.17, 15) is 13.2 Å². The van der Waals surface area contributed by atoms with Crippen LogP contribution in [0.1, 0.15) is 37.1 Å². The number of benzene rings is 1. The molecular weight excluding hydrogens is 328 g/mol. The van der Waals surface area contributed by atoms with Crippen LogP contribution < -0.4 is 10.0 Å². The van der Waals surface area contributed by atoms with Crippen molar-refractivity contribution in [3.8, 4) is 0 Å². The van der Waals surface area contributed by atoms with Crippen LogP contribution in [0.25, 0.3) is 0 Å². The second kappa shape index (κ2) is 8.12. The van der Waals surface area contributed by atoms with E-state index >= 15 is 0 Å². The Kier molecular flexibility index (Phi) is 6.16. The van der Waals surface area contributed by atoms with Crippen molar-refractivity contribution in [2.75, 3.05) is 6.54 Å². The monoisotopic (exact) mass is 350 g/mol. The summed E-state index contributed by atoms with van der Waals surface area (Å²) in [6.07, 6.45) is 2.23. The van der Waals surface area contributed by atoms with Crippen LogP contribution in [-0.2, 0) is 14.8 Å². The van der Waals surface area contributed by atoms with Crippen molar-refractivity contribution in [3.63, 3.8) is 0 Å². The summed E-state index contributed by atoms with van der Waals surface area (Å²) in [5.41, 5.74) is 0.968. The molecule has 6 nitrogen and oxygen atoms in total. The third kappa shape index (κ3) is 4.94. The minimum Gasteiger partial charge on any atom is -0.468 e. The van der Waals surface area contributed by atoms with Gasteiger partial charge in [0, 0.05) is 6.54 Å². The van der Waals surface area contributed by atoms with Crippen molar-refractivity contribution >= 4 is 15.9 Å². The molecule has 0 aliphatic heterocycles. The van der Waals surface area contributed by atoms with Gasteiger partial charge in [-0.15, -0.1) is 0 Å². The predicted molar refractivity (Wildman–Crippen MR) is 90.9 cm³/mol. The van der Waals surface area contributed by atoms with Gasteiger partial charge < -0.3 is 9.73 Å². The minimum absolute atomic E-state index is 0.0292. The number of rotatable bonds is 8. The van der Waals surface area contributed by atoms with E-state index in [1.807, 2.05) is 13.8 Å². The molecule has 0 aliphatic carbocycles. The number of hydrogen-bond acceptors (Lipinski definition) is 4. The number of aryl methyl sites for hydroxylation is 1. The molecule has 2 rings (SSSR count). The second-order valence-corrected chi connectivity index (χ2v) is 7.27. The third-order valence-electron chi connectivity index (χ3n) is 3.48. The van der Waals surface area contributed by atoms with Gasteiger partial charge in [-0.05, 0) is 37.6 Å². The van der Waals surface area contributed by atoms with Gasteiger partial charge in [0.15, 0.2) is 0 Å². The van der Waals surface area contributed by atoms with Crippen LogP contribution in [0.4, 0.5) is 0 Å². The smallest absolute Gasteiger partial charge is 0.241 e. The fourth-order valence-corrected chi connectivity index (χ4v) is 3.39. The lowest BCUT2D eigenvalue weighted by Crippen LogP contribution is -2.33. The molecule has 0 fully saturated rings. The first-order chi connectivity index (χ1) is 11.4. The maximum Gasteiger partial charge on any atom is 0.241 e. The summed E-state index contributed by atoms with van der Waals surface area (Å²) in [6.45, 7) is 4.38. The fraction of sp³-hybridized carbons (Fsp3) is 0.353. The molecule has 2 N–H and O–H groups in total. The van der Waals surface area contributed by atoms with Gasteiger partial charge in [0.05, 0.1) is 23.6 Å². The highest BCUT2D eigenvalue weighted by atomic mass is 32.2. The van der Waals surface area contributed by atoms with Gasteiger partial charge in [-0.1, -0.05) is 24.6 Å². The molecule has 1 aromatic carbocycles. The van der Waals surface area contributed by atoms with Crippen molar-refractivity contribution in [1.82, 2.24) is 10.0 Å². The third-order valence-corrected chi connectivity index (χ3v) is 4.96. The Morgan fingerprint density at radius 3 is 2.50 bits per heavy atom. The van der Waals surface area contributed by atoms with Crippen molar-refractivity contribution in [2.24, 2.45) is 0 Å². The van der Waals surface area contributed by atoms with Crippen molar-refractivity contribution in [1.29, 1.82) is 0 Å². The van der Waals surface area contributed by atoms with E-state index in [0.29, 0.717) is 12.3 Å². The van der Waals surface area contributed by atoms with Gasteiger partial charge in [0.2, 0.25) is 15.9 Å². The van der Waals surface area contributed by atoms with E-state index in [1.54, 1.807) is 24.3 Å². The molecule has 0 saturated heterocycles. The van der Waals surface area contributed by atoms with Crippen molar-refractivity contribution in [3.05, 3.63) is 54.0 Å². The molecule has 0 bridgehead atoms. The Balaban J connectivity index is 2.18. The van der Waals surface area contributed by atoms with Crippen LogP contribution in [-0.4, -0.2) is 20.9 Å². The number of hydrogen-bond donors (Lipinski definition) is 2. The van der Waals surface area contributed by atoms with Gasteiger partial charge in [0.1, 0.15) is 5.76 Å². The van der Waals surface area contributed by atoms with Crippen molar-refractivity contribution < 1.29 is 17.6 Å². The first-order valence-electron chi connectivity index (χ1n) is 7.81. The van der Waals surface area contributed by atoms with Crippen LogP contribution in [0, 0.1) is 6.92 Å². The molecule has 1 atom stereocenters. The lowest BCUT2D eigenvalue weighted by Gasteiger charge is -2.17. The van der Waals surface area contributed by atoms with Crippen molar-refractivity contribution in [2.45, 2.75) is 37.6 Å². The molecule has 0 radical (unpaired) electrons. The zero-order valence-electron chi connectivity index (χ0n) is 13.8. The van der Waals surface area contributed by atoms with Crippen LogP contribution >= 0.6 is 0 Å². The van der Waals surface area contributed by atoms with E-state index in [1.165, 1.54) is 18.4 Å². The molecule has 1 aromatic heterocycles. The number of nitrogens with one attached hydrogen (secondary N) is 2. The lowest BCUT2D eigenvalue weighted by atomic mass is 10.1. The number of sulfonamides is 1. The lowest BCUT2D eigenvalue weighted by molar-refractivity contribution is -0.121. The molecule has 1 heterocycles. The van der Waals surface area contributed by atoms with E-state index in [2.05, 4.69) is 10.0 Å². The zero-order chi connectivity index (χ0) is 17.6. The number of furan rings is 1. The van der Waals surface area contributed by atoms with E-state index in [-0.39, 0.29) is 17.2 Å². The van der Waals surface area contributed by atoms with E-state index in [4.69, 9.17) is 4.42 Å². The summed E-state index contributed by atoms with van der Waals surface area (Å²) in [4.78, 5) is 12.1. The molecule has 130 valence electrons. The Morgan fingerprint density at radius 2 is 1.92 bits per heavy atom. The Bertz CT molecular complexity index is 752. The first kappa shape index (κ1) is 18.2. The van der Waals surface area contributed by atoms with E-state index < -0.39 is 16.1 Å². The maximum absolute atomic E-state index is 12.6. The first-order valence-corrected chi connectivity index (χ1v) is 9.30. The molecule has 0 saturated carbocycles. The summed E-state index contributed by atoms with van der Waals surface area (Å²) in [5.74, 6) is 0.169. The zero-order valence-corrected chi connectivity index (χ0v) is 14.6. The molecule has 7 heteroatoms.